The number of primary amides is 1. The van der Waals surface area contributed by atoms with E-state index in [0.29, 0.717) is 0 Å². The second-order valence-electron chi connectivity index (χ2n) is 3.67. The van der Waals surface area contributed by atoms with Crippen molar-refractivity contribution in [2.24, 2.45) is 5.73 Å². The van der Waals surface area contributed by atoms with Crippen LogP contribution in [0.2, 0.25) is 0 Å². The second-order valence-corrected chi connectivity index (χ2v) is 3.67. The van der Waals surface area contributed by atoms with E-state index >= 15 is 0 Å². The minimum atomic E-state index is -0.700. The zero-order valence-corrected chi connectivity index (χ0v) is 8.87. The van der Waals surface area contributed by atoms with E-state index in [1.165, 1.54) is 0 Å². The number of amides is 1. The lowest BCUT2D eigenvalue weighted by atomic mass is 10.1. The zero-order valence-electron chi connectivity index (χ0n) is 8.87. The Balaban J connectivity index is 1.88. The number of ether oxygens (including phenoxy) is 1. The van der Waals surface area contributed by atoms with Crippen molar-refractivity contribution in [3.05, 3.63) is 18.5 Å². The highest BCUT2D eigenvalue weighted by atomic mass is 16.6. The Bertz CT molecular complexity index is 349. The van der Waals surface area contributed by atoms with Gasteiger partial charge in [-0.05, 0) is 6.07 Å². The number of nitrogens with two attached hydrogens (primary N) is 1. The first-order valence-corrected chi connectivity index (χ1v) is 5.24. The molecule has 1 aromatic rings. The Morgan fingerprint density at radius 1 is 1.38 bits per heavy atom. The smallest absolute Gasteiger partial charge is 0.404 e. The Labute approximate surface area is 93.4 Å². The Morgan fingerprint density at radius 3 is 2.56 bits per heavy atom. The fourth-order valence-corrected chi connectivity index (χ4v) is 1.79. The third kappa shape index (κ3) is 2.59. The maximum absolute atomic E-state index is 10.6. The van der Waals surface area contributed by atoms with Gasteiger partial charge in [0.1, 0.15) is 6.10 Å². The molecule has 0 aliphatic carbocycles. The molecule has 1 amide bonds. The van der Waals surface area contributed by atoms with Crippen molar-refractivity contribution < 1.29 is 9.53 Å². The number of carbonyl (C=O) groups excluding carboxylic acids is 1. The van der Waals surface area contributed by atoms with Crippen LogP contribution < -0.4 is 10.6 Å². The van der Waals surface area contributed by atoms with Gasteiger partial charge >= 0.3 is 6.09 Å². The molecule has 0 radical (unpaired) electrons. The van der Waals surface area contributed by atoms with Crippen LogP contribution >= 0.6 is 0 Å². The topological polar surface area (TPSA) is 81.3 Å². The number of anilines is 1. The van der Waals surface area contributed by atoms with Crippen LogP contribution in [-0.4, -0.2) is 35.3 Å². The van der Waals surface area contributed by atoms with Gasteiger partial charge in [-0.15, -0.1) is 0 Å². The van der Waals surface area contributed by atoms with Gasteiger partial charge < -0.3 is 15.4 Å². The predicted molar refractivity (Wildman–Crippen MR) is 57.9 cm³/mol. The van der Waals surface area contributed by atoms with Gasteiger partial charge in [-0.2, -0.15) is 0 Å². The van der Waals surface area contributed by atoms with E-state index in [1.807, 2.05) is 0 Å². The van der Waals surface area contributed by atoms with Gasteiger partial charge in [0.05, 0.1) is 0 Å². The van der Waals surface area contributed by atoms with Crippen molar-refractivity contribution in [2.45, 2.75) is 18.9 Å². The molecule has 86 valence electrons. The number of aromatic nitrogens is 2. The third-order valence-electron chi connectivity index (χ3n) is 2.56. The summed E-state index contributed by atoms with van der Waals surface area (Å²) in [5.74, 6) is 0.722. The van der Waals surface area contributed by atoms with E-state index in [-0.39, 0.29) is 6.10 Å². The van der Waals surface area contributed by atoms with Crippen molar-refractivity contribution in [3.63, 3.8) is 0 Å². The van der Waals surface area contributed by atoms with Gasteiger partial charge in [-0.25, -0.2) is 14.8 Å². The lowest BCUT2D eigenvalue weighted by Crippen LogP contribution is -2.39. The van der Waals surface area contributed by atoms with Crippen LogP contribution in [0.15, 0.2) is 18.5 Å². The van der Waals surface area contributed by atoms with Gasteiger partial charge in [0, 0.05) is 38.3 Å². The fourth-order valence-electron chi connectivity index (χ4n) is 1.79. The highest BCUT2D eigenvalue weighted by molar-refractivity contribution is 5.64. The Morgan fingerprint density at radius 2 is 2.00 bits per heavy atom. The van der Waals surface area contributed by atoms with Gasteiger partial charge in [-0.3, -0.25) is 0 Å². The molecule has 2 N–H and O–H groups in total. The largest absolute Gasteiger partial charge is 0.446 e. The molecule has 0 aromatic carbocycles. The molecule has 1 aliphatic rings. The molecule has 6 nitrogen and oxygen atoms in total. The van der Waals surface area contributed by atoms with E-state index in [1.54, 1.807) is 18.5 Å². The first kappa shape index (κ1) is 10.7. The number of carbonyl (C=O) groups is 1. The standard InChI is InChI=1S/C10H14N4O2/c11-9(15)16-8-2-6-14(7-3-8)10-12-4-1-5-13-10/h1,4-5,8H,2-3,6-7H2,(H2,11,15). The van der Waals surface area contributed by atoms with Crippen molar-refractivity contribution in [2.75, 3.05) is 18.0 Å². The molecule has 1 fully saturated rings. The van der Waals surface area contributed by atoms with Gasteiger partial charge in [0.2, 0.25) is 5.95 Å². The normalized spacial score (nSPS) is 17.1. The summed E-state index contributed by atoms with van der Waals surface area (Å²) in [6.45, 7) is 1.56. The van der Waals surface area contributed by atoms with E-state index in [4.69, 9.17) is 10.5 Å². The summed E-state index contributed by atoms with van der Waals surface area (Å²) >= 11 is 0. The summed E-state index contributed by atoms with van der Waals surface area (Å²) in [6, 6.07) is 1.78. The van der Waals surface area contributed by atoms with Crippen molar-refractivity contribution >= 4 is 12.0 Å². The van der Waals surface area contributed by atoms with Crippen LogP contribution in [0.5, 0.6) is 0 Å². The van der Waals surface area contributed by atoms with E-state index in [9.17, 15) is 4.79 Å². The van der Waals surface area contributed by atoms with Crippen molar-refractivity contribution in [3.8, 4) is 0 Å². The first-order valence-electron chi connectivity index (χ1n) is 5.24. The molecule has 6 heteroatoms. The van der Waals surface area contributed by atoms with Crippen LogP contribution in [0.4, 0.5) is 10.7 Å². The summed E-state index contributed by atoms with van der Waals surface area (Å²) < 4.78 is 4.95. The molecule has 0 atom stereocenters. The van der Waals surface area contributed by atoms with Crippen LogP contribution in [-0.2, 0) is 4.74 Å². The maximum atomic E-state index is 10.6. The minimum Gasteiger partial charge on any atom is -0.446 e. The molecule has 0 unspecified atom stereocenters. The second kappa shape index (κ2) is 4.78. The fraction of sp³-hybridized carbons (Fsp3) is 0.500. The number of hydrogen-bond donors (Lipinski definition) is 1. The van der Waals surface area contributed by atoms with E-state index in [2.05, 4.69) is 14.9 Å². The molecule has 1 aliphatic heterocycles. The molecule has 0 spiro atoms. The number of piperidine rings is 1. The molecule has 2 rings (SSSR count). The number of hydrogen-bond acceptors (Lipinski definition) is 5. The quantitative estimate of drug-likeness (QED) is 0.789. The molecule has 1 aromatic heterocycles. The van der Waals surface area contributed by atoms with E-state index in [0.717, 1.165) is 31.9 Å². The van der Waals surface area contributed by atoms with Crippen LogP contribution in [0.25, 0.3) is 0 Å². The Hall–Kier alpha value is -1.85. The van der Waals surface area contributed by atoms with Crippen molar-refractivity contribution in [1.29, 1.82) is 0 Å². The lowest BCUT2D eigenvalue weighted by molar-refractivity contribution is 0.0910. The summed E-state index contributed by atoms with van der Waals surface area (Å²) in [5, 5.41) is 0. The van der Waals surface area contributed by atoms with Gasteiger partial charge in [0.25, 0.3) is 0 Å². The summed E-state index contributed by atoms with van der Waals surface area (Å²) in [6.07, 6.45) is 4.19. The zero-order chi connectivity index (χ0) is 11.4. The summed E-state index contributed by atoms with van der Waals surface area (Å²) in [7, 11) is 0. The average molecular weight is 222 g/mol. The lowest BCUT2D eigenvalue weighted by Gasteiger charge is -2.31. The number of nitrogens with zero attached hydrogens (tertiary/aromatic N) is 3. The SMILES string of the molecule is NC(=O)OC1CCN(c2ncccn2)CC1. The maximum Gasteiger partial charge on any atom is 0.404 e. The van der Waals surface area contributed by atoms with Crippen LogP contribution in [0.3, 0.4) is 0 Å². The summed E-state index contributed by atoms with van der Waals surface area (Å²) in [4.78, 5) is 21.0. The van der Waals surface area contributed by atoms with Crippen LogP contribution in [0.1, 0.15) is 12.8 Å². The average Bonchev–Trinajstić information content (AvgIpc) is 2.30. The molecule has 0 saturated carbocycles. The third-order valence-corrected chi connectivity index (χ3v) is 2.56. The molecule has 2 heterocycles. The number of rotatable bonds is 2. The molecular formula is C10H14N4O2. The Kier molecular flexibility index (Phi) is 3.19. The van der Waals surface area contributed by atoms with Gasteiger partial charge in [-0.1, -0.05) is 0 Å². The molecular weight excluding hydrogens is 208 g/mol. The monoisotopic (exact) mass is 222 g/mol. The highest BCUT2D eigenvalue weighted by Crippen LogP contribution is 2.17. The molecule has 0 bridgehead atoms. The highest BCUT2D eigenvalue weighted by Gasteiger charge is 2.22. The summed E-state index contributed by atoms with van der Waals surface area (Å²) in [5.41, 5.74) is 4.97. The molecule has 16 heavy (non-hydrogen) atoms. The van der Waals surface area contributed by atoms with Crippen LogP contribution in [0, 0.1) is 0 Å². The van der Waals surface area contributed by atoms with Gasteiger partial charge in [0.15, 0.2) is 0 Å². The van der Waals surface area contributed by atoms with Crippen molar-refractivity contribution in [1.82, 2.24) is 9.97 Å². The predicted octanol–water partition coefficient (Wildman–Crippen LogP) is 0.541. The van der Waals surface area contributed by atoms with E-state index < -0.39 is 6.09 Å². The first-order chi connectivity index (χ1) is 7.75. The molecule has 1 saturated heterocycles. The minimum absolute atomic E-state index is 0.0718.